The van der Waals surface area contributed by atoms with E-state index in [9.17, 15) is 13.2 Å². The molecule has 118 valence electrons. The van der Waals surface area contributed by atoms with Gasteiger partial charge < -0.3 is 10.2 Å². The van der Waals surface area contributed by atoms with Crippen LogP contribution < -0.4 is 5.32 Å². The number of hydrogen-bond acceptors (Lipinski definition) is 3. The summed E-state index contributed by atoms with van der Waals surface area (Å²) < 4.78 is 37.7. The van der Waals surface area contributed by atoms with Gasteiger partial charge in [0, 0.05) is 12.7 Å². The lowest BCUT2D eigenvalue weighted by Crippen LogP contribution is -2.40. The normalized spacial score (nSPS) is 19.5. The van der Waals surface area contributed by atoms with Crippen molar-refractivity contribution in [2.24, 2.45) is 5.41 Å². The fourth-order valence-electron chi connectivity index (χ4n) is 2.36. The summed E-state index contributed by atoms with van der Waals surface area (Å²) in [6.45, 7) is 4.86. The van der Waals surface area contributed by atoms with Crippen molar-refractivity contribution in [2.75, 3.05) is 32.0 Å². The van der Waals surface area contributed by atoms with Crippen molar-refractivity contribution < 1.29 is 13.2 Å². The lowest BCUT2D eigenvalue weighted by atomic mass is 9.80. The summed E-state index contributed by atoms with van der Waals surface area (Å²) in [5, 5.41) is 3.09. The molecule has 0 aliphatic carbocycles. The first-order valence-corrected chi connectivity index (χ1v) is 7.23. The molecule has 1 fully saturated rings. The largest absolute Gasteiger partial charge is 0.417 e. The number of alkyl halides is 3. The summed E-state index contributed by atoms with van der Waals surface area (Å²) in [5.41, 5.74) is -0.719. The van der Waals surface area contributed by atoms with E-state index in [1.807, 2.05) is 0 Å². The zero-order valence-corrected chi connectivity index (χ0v) is 12.9. The van der Waals surface area contributed by atoms with Crippen molar-refractivity contribution in [3.63, 3.8) is 0 Å². The van der Waals surface area contributed by atoms with Gasteiger partial charge in [-0.25, -0.2) is 4.98 Å². The van der Waals surface area contributed by atoms with E-state index < -0.39 is 11.7 Å². The smallest absolute Gasteiger partial charge is 0.368 e. The van der Waals surface area contributed by atoms with Crippen LogP contribution in [0.3, 0.4) is 0 Å². The monoisotopic (exact) mass is 321 g/mol. The zero-order chi connectivity index (χ0) is 15.7. The average Bonchev–Trinajstić information content (AvgIpc) is 2.40. The van der Waals surface area contributed by atoms with Gasteiger partial charge in [0.2, 0.25) is 0 Å². The van der Waals surface area contributed by atoms with E-state index in [0.29, 0.717) is 12.4 Å². The number of halogens is 4. The van der Waals surface area contributed by atoms with E-state index in [-0.39, 0.29) is 10.4 Å². The van der Waals surface area contributed by atoms with Crippen LogP contribution in [0.25, 0.3) is 0 Å². The zero-order valence-electron chi connectivity index (χ0n) is 12.1. The first-order chi connectivity index (χ1) is 9.70. The van der Waals surface area contributed by atoms with Crippen molar-refractivity contribution in [3.05, 3.63) is 22.8 Å². The van der Waals surface area contributed by atoms with Gasteiger partial charge >= 0.3 is 6.18 Å². The molecule has 3 nitrogen and oxygen atoms in total. The maximum absolute atomic E-state index is 12.6. The molecule has 0 spiro atoms. The molecule has 1 saturated heterocycles. The Morgan fingerprint density at radius 3 is 2.52 bits per heavy atom. The SMILES string of the molecule is CN1CCC(C)(CNc2ncc(C(F)(F)F)cc2Cl)CC1. The van der Waals surface area contributed by atoms with E-state index in [1.165, 1.54) is 0 Å². The van der Waals surface area contributed by atoms with Crippen LogP contribution in [0.15, 0.2) is 12.3 Å². The third kappa shape index (κ3) is 4.23. The summed E-state index contributed by atoms with van der Waals surface area (Å²) in [4.78, 5) is 6.07. The lowest BCUT2D eigenvalue weighted by Gasteiger charge is -2.38. The molecule has 2 heterocycles. The van der Waals surface area contributed by atoms with E-state index in [0.717, 1.165) is 38.2 Å². The van der Waals surface area contributed by atoms with Crippen LogP contribution in [0.4, 0.5) is 19.0 Å². The van der Waals surface area contributed by atoms with Crippen molar-refractivity contribution in [1.82, 2.24) is 9.88 Å². The van der Waals surface area contributed by atoms with Gasteiger partial charge in [-0.1, -0.05) is 18.5 Å². The predicted molar refractivity (Wildman–Crippen MR) is 77.6 cm³/mol. The molecule has 1 aliphatic rings. The molecule has 1 aromatic heterocycles. The fraction of sp³-hybridized carbons (Fsp3) is 0.643. The number of pyridine rings is 1. The molecule has 0 bridgehead atoms. The molecular weight excluding hydrogens is 303 g/mol. The van der Waals surface area contributed by atoms with E-state index in [1.54, 1.807) is 0 Å². The maximum atomic E-state index is 12.6. The number of piperidine rings is 1. The molecule has 0 aromatic carbocycles. The fourth-order valence-corrected chi connectivity index (χ4v) is 2.59. The summed E-state index contributed by atoms with van der Waals surface area (Å²) in [5.74, 6) is 0.310. The molecule has 0 radical (unpaired) electrons. The van der Waals surface area contributed by atoms with Crippen LogP contribution >= 0.6 is 11.6 Å². The highest BCUT2D eigenvalue weighted by Gasteiger charge is 2.32. The second-order valence-corrected chi connectivity index (χ2v) is 6.43. The number of nitrogens with one attached hydrogen (secondary N) is 1. The molecule has 2 rings (SSSR count). The minimum Gasteiger partial charge on any atom is -0.368 e. The van der Waals surface area contributed by atoms with Gasteiger partial charge in [0.25, 0.3) is 0 Å². The van der Waals surface area contributed by atoms with Gasteiger partial charge in [-0.15, -0.1) is 0 Å². The quantitative estimate of drug-likeness (QED) is 0.915. The van der Waals surface area contributed by atoms with Gasteiger partial charge in [0.1, 0.15) is 5.82 Å². The highest BCUT2D eigenvalue weighted by atomic mass is 35.5. The Hall–Kier alpha value is -1.01. The Kier molecular flexibility index (Phi) is 4.68. The van der Waals surface area contributed by atoms with Crippen molar-refractivity contribution in [2.45, 2.75) is 25.9 Å². The van der Waals surface area contributed by atoms with E-state index in [2.05, 4.69) is 29.2 Å². The molecular formula is C14H19ClF3N3. The van der Waals surface area contributed by atoms with Gasteiger partial charge in [0.15, 0.2) is 0 Å². The molecule has 1 aromatic rings. The Labute approximate surface area is 127 Å². The number of rotatable bonds is 3. The van der Waals surface area contributed by atoms with E-state index >= 15 is 0 Å². The summed E-state index contributed by atoms with van der Waals surface area (Å²) in [6.07, 6.45) is -1.54. The lowest BCUT2D eigenvalue weighted by molar-refractivity contribution is -0.137. The minimum atomic E-state index is -4.42. The standard InChI is InChI=1S/C14H19ClF3N3/c1-13(3-5-21(2)6-4-13)9-20-12-11(15)7-10(8-19-12)14(16,17)18/h7-8H,3-6,9H2,1-2H3,(H,19,20). The van der Waals surface area contributed by atoms with Crippen LogP contribution in [0.2, 0.25) is 5.02 Å². The highest BCUT2D eigenvalue weighted by molar-refractivity contribution is 6.32. The Morgan fingerprint density at radius 1 is 1.38 bits per heavy atom. The number of anilines is 1. The number of nitrogens with zero attached hydrogens (tertiary/aromatic N) is 2. The Balaban J connectivity index is 2.00. The maximum Gasteiger partial charge on any atom is 0.417 e. The molecule has 1 aliphatic heterocycles. The second-order valence-electron chi connectivity index (χ2n) is 6.02. The Morgan fingerprint density at radius 2 is 2.00 bits per heavy atom. The topological polar surface area (TPSA) is 28.2 Å². The van der Waals surface area contributed by atoms with Crippen LogP contribution in [0, 0.1) is 5.41 Å². The van der Waals surface area contributed by atoms with Crippen LogP contribution in [0.5, 0.6) is 0 Å². The molecule has 0 saturated carbocycles. The first-order valence-electron chi connectivity index (χ1n) is 6.85. The van der Waals surface area contributed by atoms with E-state index in [4.69, 9.17) is 11.6 Å². The predicted octanol–water partition coefficient (Wildman–Crippen LogP) is 3.90. The second kappa shape index (κ2) is 6.01. The minimum absolute atomic E-state index is 0.00125. The molecule has 0 amide bonds. The summed E-state index contributed by atoms with van der Waals surface area (Å²) in [6, 6.07) is 0.911. The molecule has 21 heavy (non-hydrogen) atoms. The third-order valence-corrected chi connectivity index (χ3v) is 4.33. The number of aromatic nitrogens is 1. The van der Waals surface area contributed by atoms with Crippen LogP contribution in [-0.4, -0.2) is 36.6 Å². The van der Waals surface area contributed by atoms with Crippen LogP contribution in [0.1, 0.15) is 25.3 Å². The average molecular weight is 322 g/mol. The molecule has 0 unspecified atom stereocenters. The molecule has 7 heteroatoms. The number of likely N-dealkylation sites (tertiary alicyclic amines) is 1. The molecule has 1 N–H and O–H groups in total. The first kappa shape index (κ1) is 16.4. The van der Waals surface area contributed by atoms with Gasteiger partial charge in [-0.2, -0.15) is 13.2 Å². The Bertz CT molecular complexity index is 497. The highest BCUT2D eigenvalue weighted by Crippen LogP contribution is 2.34. The summed E-state index contributed by atoms with van der Waals surface area (Å²) in [7, 11) is 2.08. The van der Waals surface area contributed by atoms with Gasteiger partial charge in [-0.3, -0.25) is 0 Å². The van der Waals surface area contributed by atoms with Crippen molar-refractivity contribution >= 4 is 17.4 Å². The van der Waals surface area contributed by atoms with Crippen molar-refractivity contribution in [3.8, 4) is 0 Å². The van der Waals surface area contributed by atoms with Crippen LogP contribution in [-0.2, 0) is 6.18 Å². The van der Waals surface area contributed by atoms with Gasteiger partial charge in [0.05, 0.1) is 10.6 Å². The van der Waals surface area contributed by atoms with Gasteiger partial charge in [-0.05, 0) is 44.5 Å². The van der Waals surface area contributed by atoms with Crippen molar-refractivity contribution in [1.29, 1.82) is 0 Å². The summed E-state index contributed by atoms with van der Waals surface area (Å²) >= 11 is 5.89. The number of hydrogen-bond donors (Lipinski definition) is 1. The third-order valence-electron chi connectivity index (χ3n) is 4.05. The molecule has 0 atom stereocenters.